The molecule has 1 atom stereocenters. The monoisotopic (exact) mass is 343 g/mol. The molecule has 24 heavy (non-hydrogen) atoms. The first-order valence-electron chi connectivity index (χ1n) is 7.33. The van der Waals surface area contributed by atoms with Crippen molar-refractivity contribution in [3.05, 3.63) is 36.8 Å². The van der Waals surface area contributed by atoms with Crippen molar-refractivity contribution in [2.24, 2.45) is 7.05 Å². The largest absolute Gasteiger partial charge is 0.495 e. The lowest BCUT2D eigenvalue weighted by Gasteiger charge is -2.14. The topological polar surface area (TPSA) is 81.9 Å². The maximum Gasteiger partial charge on any atom is 0.237 e. The van der Waals surface area contributed by atoms with Crippen molar-refractivity contribution in [1.29, 1.82) is 0 Å². The van der Waals surface area contributed by atoms with Crippen molar-refractivity contribution in [2.45, 2.75) is 17.2 Å². The average Bonchev–Trinajstić information content (AvgIpc) is 2.97. The van der Waals surface area contributed by atoms with Gasteiger partial charge in [-0.05, 0) is 19.1 Å². The highest BCUT2D eigenvalue weighted by Gasteiger charge is 2.19. The van der Waals surface area contributed by atoms with Crippen molar-refractivity contribution in [1.82, 2.24) is 19.7 Å². The van der Waals surface area contributed by atoms with Crippen LogP contribution in [0.15, 0.2) is 41.8 Å². The van der Waals surface area contributed by atoms with E-state index in [0.29, 0.717) is 11.4 Å². The number of amides is 1. The number of ether oxygens (including phenoxy) is 1. The summed E-state index contributed by atoms with van der Waals surface area (Å²) in [7, 11) is 3.39. The number of thioether (sulfide) groups is 1. The maximum absolute atomic E-state index is 12.5. The van der Waals surface area contributed by atoms with Gasteiger partial charge in [-0.15, -0.1) is 0 Å². The highest BCUT2D eigenvalue weighted by Crippen LogP contribution is 2.29. The van der Waals surface area contributed by atoms with Gasteiger partial charge in [0, 0.05) is 7.05 Å². The predicted molar refractivity (Wildman–Crippen MR) is 93.2 cm³/mol. The molecule has 3 rings (SSSR count). The molecule has 1 N–H and O–H groups in total. The second kappa shape index (κ2) is 6.88. The van der Waals surface area contributed by atoms with Gasteiger partial charge in [-0.3, -0.25) is 9.48 Å². The van der Waals surface area contributed by atoms with Gasteiger partial charge in [0.15, 0.2) is 5.65 Å². The summed E-state index contributed by atoms with van der Waals surface area (Å²) in [4.78, 5) is 21.0. The molecule has 0 spiro atoms. The minimum Gasteiger partial charge on any atom is -0.495 e. The van der Waals surface area contributed by atoms with Gasteiger partial charge in [0.25, 0.3) is 0 Å². The first-order chi connectivity index (χ1) is 11.6. The van der Waals surface area contributed by atoms with E-state index in [0.717, 1.165) is 16.1 Å². The van der Waals surface area contributed by atoms with Crippen LogP contribution in [0, 0.1) is 0 Å². The molecule has 2 heterocycles. The van der Waals surface area contributed by atoms with Crippen LogP contribution in [0.25, 0.3) is 11.0 Å². The van der Waals surface area contributed by atoms with Gasteiger partial charge in [-0.2, -0.15) is 5.10 Å². The summed E-state index contributed by atoms with van der Waals surface area (Å²) in [6.45, 7) is 1.83. The summed E-state index contributed by atoms with van der Waals surface area (Å²) >= 11 is 1.37. The number of benzene rings is 1. The van der Waals surface area contributed by atoms with Crippen molar-refractivity contribution >= 4 is 34.4 Å². The third-order valence-corrected chi connectivity index (χ3v) is 4.63. The number of methoxy groups -OCH3 is 1. The zero-order valence-corrected chi connectivity index (χ0v) is 14.4. The number of carbonyl (C=O) groups excluding carboxylic acids is 1. The summed E-state index contributed by atoms with van der Waals surface area (Å²) in [6, 6.07) is 7.31. The van der Waals surface area contributed by atoms with Crippen LogP contribution in [0.4, 0.5) is 5.69 Å². The Hall–Kier alpha value is -2.61. The molecule has 0 aliphatic rings. The molecule has 0 aliphatic carbocycles. The number of aromatic nitrogens is 4. The van der Waals surface area contributed by atoms with Crippen LogP contribution in [-0.4, -0.2) is 38.0 Å². The molecule has 0 aliphatic heterocycles. The quantitative estimate of drug-likeness (QED) is 0.566. The molecule has 1 aromatic carbocycles. The molecule has 1 amide bonds. The van der Waals surface area contributed by atoms with Gasteiger partial charge >= 0.3 is 0 Å². The first kappa shape index (κ1) is 16.3. The highest BCUT2D eigenvalue weighted by molar-refractivity contribution is 8.00. The van der Waals surface area contributed by atoms with Crippen LogP contribution >= 0.6 is 11.8 Å². The number of carbonyl (C=O) groups is 1. The molecule has 1 unspecified atom stereocenters. The Labute approximate surface area is 143 Å². The van der Waals surface area contributed by atoms with E-state index in [1.165, 1.54) is 18.1 Å². The first-order valence-corrected chi connectivity index (χ1v) is 8.21. The van der Waals surface area contributed by atoms with Crippen molar-refractivity contribution < 1.29 is 9.53 Å². The molecule has 7 nitrogen and oxygen atoms in total. The molecule has 0 fully saturated rings. The van der Waals surface area contributed by atoms with Crippen molar-refractivity contribution in [3.8, 4) is 5.75 Å². The van der Waals surface area contributed by atoms with E-state index >= 15 is 0 Å². The maximum atomic E-state index is 12.5. The molecule has 0 saturated heterocycles. The molecular formula is C16H17N5O2S. The van der Waals surface area contributed by atoms with E-state index in [4.69, 9.17) is 4.74 Å². The fourth-order valence-corrected chi connectivity index (χ4v) is 3.12. The van der Waals surface area contributed by atoms with Gasteiger partial charge in [-0.25, -0.2) is 9.97 Å². The minimum absolute atomic E-state index is 0.125. The molecule has 0 radical (unpaired) electrons. The van der Waals surface area contributed by atoms with E-state index in [1.807, 2.05) is 26.1 Å². The molecule has 3 aromatic rings. The fraction of sp³-hybridized carbons (Fsp3) is 0.250. The van der Waals surface area contributed by atoms with E-state index in [1.54, 1.807) is 30.1 Å². The number of rotatable bonds is 5. The Bertz CT molecular complexity index is 880. The third kappa shape index (κ3) is 3.18. The Kier molecular flexibility index (Phi) is 4.66. The van der Waals surface area contributed by atoms with Gasteiger partial charge < -0.3 is 10.1 Å². The van der Waals surface area contributed by atoms with Gasteiger partial charge in [0.1, 0.15) is 17.1 Å². The SMILES string of the molecule is COc1ccccc1NC(=O)C(C)Sc1ncnc2c1cnn2C. The summed E-state index contributed by atoms with van der Waals surface area (Å²) in [6.07, 6.45) is 3.19. The van der Waals surface area contributed by atoms with E-state index in [2.05, 4.69) is 20.4 Å². The van der Waals surface area contributed by atoms with Crippen molar-refractivity contribution in [3.63, 3.8) is 0 Å². The van der Waals surface area contributed by atoms with E-state index < -0.39 is 0 Å². The highest BCUT2D eigenvalue weighted by atomic mass is 32.2. The van der Waals surface area contributed by atoms with Crippen LogP contribution in [0.2, 0.25) is 0 Å². The molecule has 124 valence electrons. The summed E-state index contributed by atoms with van der Waals surface area (Å²) in [5, 5.41) is 8.30. The molecule has 0 bridgehead atoms. The normalized spacial score (nSPS) is 12.1. The fourth-order valence-electron chi connectivity index (χ4n) is 2.24. The second-order valence-corrected chi connectivity index (χ2v) is 6.46. The van der Waals surface area contributed by atoms with E-state index in [-0.39, 0.29) is 11.2 Å². The predicted octanol–water partition coefficient (Wildman–Crippen LogP) is 2.49. The zero-order chi connectivity index (χ0) is 17.1. The van der Waals surface area contributed by atoms with Gasteiger partial charge in [0.05, 0.1) is 29.6 Å². The Morgan fingerprint density at radius 1 is 1.33 bits per heavy atom. The van der Waals surface area contributed by atoms with Gasteiger partial charge in [-0.1, -0.05) is 23.9 Å². The van der Waals surface area contributed by atoms with Gasteiger partial charge in [0.2, 0.25) is 5.91 Å². The number of anilines is 1. The number of para-hydroxylation sites is 2. The standard InChI is InChI=1S/C16H17N5O2S/c1-10(15(22)20-12-6-4-5-7-13(12)23-3)24-16-11-8-19-21(2)14(11)17-9-18-16/h4-10H,1-3H3,(H,20,22). The third-order valence-electron chi connectivity index (χ3n) is 3.52. The minimum atomic E-state index is -0.340. The number of fused-ring (bicyclic) bond motifs is 1. The van der Waals surface area contributed by atoms with E-state index in [9.17, 15) is 4.79 Å². The van der Waals surface area contributed by atoms with Crippen molar-refractivity contribution in [2.75, 3.05) is 12.4 Å². The molecule has 0 saturated carbocycles. The Morgan fingerprint density at radius 3 is 2.92 bits per heavy atom. The molecule has 2 aromatic heterocycles. The molecule has 8 heteroatoms. The number of hydrogen-bond acceptors (Lipinski definition) is 6. The lowest BCUT2D eigenvalue weighted by Crippen LogP contribution is -2.22. The Morgan fingerprint density at radius 2 is 2.12 bits per heavy atom. The number of nitrogens with one attached hydrogen (secondary N) is 1. The number of aryl methyl sites for hydroxylation is 1. The summed E-state index contributed by atoms with van der Waals surface area (Å²) in [5.74, 6) is 0.500. The zero-order valence-electron chi connectivity index (χ0n) is 13.6. The smallest absolute Gasteiger partial charge is 0.237 e. The molecular weight excluding hydrogens is 326 g/mol. The van der Waals surface area contributed by atoms with Crippen LogP contribution in [-0.2, 0) is 11.8 Å². The van der Waals surface area contributed by atoms with Crippen LogP contribution < -0.4 is 10.1 Å². The summed E-state index contributed by atoms with van der Waals surface area (Å²) < 4.78 is 6.93. The lowest BCUT2D eigenvalue weighted by atomic mass is 10.3. The number of hydrogen-bond donors (Lipinski definition) is 1. The summed E-state index contributed by atoms with van der Waals surface area (Å²) in [5.41, 5.74) is 1.39. The lowest BCUT2D eigenvalue weighted by molar-refractivity contribution is -0.115. The van der Waals surface area contributed by atoms with Crippen LogP contribution in [0.5, 0.6) is 5.75 Å². The van der Waals surface area contributed by atoms with Crippen LogP contribution in [0.1, 0.15) is 6.92 Å². The number of nitrogens with zero attached hydrogens (tertiary/aromatic N) is 4. The van der Waals surface area contributed by atoms with Crippen LogP contribution in [0.3, 0.4) is 0 Å². The average molecular weight is 343 g/mol. The second-order valence-electron chi connectivity index (χ2n) is 5.13. The Balaban J connectivity index is 1.76.